The molecule has 0 spiro atoms. The SMILES string of the molecule is O=C([O-])C(F)(F)[P+](c1ccccc1)(c1ccccc1)c1ccccc1. The Kier molecular flexibility index (Phi) is 4.65. The second kappa shape index (κ2) is 6.73. The molecule has 0 atom stereocenters. The Morgan fingerprint density at radius 1 is 0.680 bits per heavy atom. The highest BCUT2D eigenvalue weighted by Crippen LogP contribution is 2.67. The van der Waals surface area contributed by atoms with Gasteiger partial charge in [0.1, 0.15) is 15.9 Å². The molecule has 0 bridgehead atoms. The van der Waals surface area contributed by atoms with E-state index in [4.69, 9.17) is 0 Å². The summed E-state index contributed by atoms with van der Waals surface area (Å²) in [6, 6.07) is 24.3. The largest absolute Gasteiger partial charge is 0.541 e. The molecule has 0 fully saturated rings. The van der Waals surface area contributed by atoms with Crippen molar-refractivity contribution in [2.45, 2.75) is 5.66 Å². The van der Waals surface area contributed by atoms with Crippen molar-refractivity contribution in [2.24, 2.45) is 0 Å². The van der Waals surface area contributed by atoms with Crippen LogP contribution >= 0.6 is 7.26 Å². The molecule has 3 aromatic rings. The van der Waals surface area contributed by atoms with Crippen LogP contribution in [-0.4, -0.2) is 11.6 Å². The number of aliphatic carboxylic acids is 1. The average molecular weight is 356 g/mol. The van der Waals surface area contributed by atoms with E-state index in [1.54, 1.807) is 91.0 Å². The van der Waals surface area contributed by atoms with Crippen LogP contribution in [0, 0.1) is 0 Å². The summed E-state index contributed by atoms with van der Waals surface area (Å²) in [5.74, 6) is -2.36. The summed E-state index contributed by atoms with van der Waals surface area (Å²) in [5, 5.41) is 12.4. The fraction of sp³-hybridized carbons (Fsp3) is 0.0500. The van der Waals surface area contributed by atoms with Crippen LogP contribution in [0.15, 0.2) is 91.0 Å². The zero-order chi connectivity index (χ0) is 17.9. The Bertz CT molecular complexity index is 756. The number of carbonyl (C=O) groups is 1. The molecule has 0 radical (unpaired) electrons. The van der Waals surface area contributed by atoms with Crippen LogP contribution in [0.2, 0.25) is 0 Å². The number of alkyl halides is 2. The first kappa shape index (κ1) is 17.2. The number of carbonyl (C=O) groups excluding carboxylic acids is 1. The van der Waals surface area contributed by atoms with Crippen molar-refractivity contribution in [1.82, 2.24) is 0 Å². The third kappa shape index (κ3) is 2.73. The molecule has 5 heteroatoms. The van der Waals surface area contributed by atoms with Gasteiger partial charge in [-0.05, 0) is 36.4 Å². The first-order chi connectivity index (χ1) is 12.0. The van der Waals surface area contributed by atoms with E-state index in [0.29, 0.717) is 15.9 Å². The van der Waals surface area contributed by atoms with Crippen LogP contribution in [0.1, 0.15) is 0 Å². The second-order valence-corrected chi connectivity index (χ2v) is 8.96. The van der Waals surface area contributed by atoms with E-state index < -0.39 is 18.9 Å². The first-order valence-corrected chi connectivity index (χ1v) is 9.45. The van der Waals surface area contributed by atoms with Crippen LogP contribution in [0.5, 0.6) is 0 Å². The molecule has 0 aliphatic carbocycles. The Balaban J connectivity index is 2.47. The number of hydrogen-bond acceptors (Lipinski definition) is 2. The third-order valence-corrected chi connectivity index (χ3v) is 8.34. The predicted octanol–water partition coefficient (Wildman–Crippen LogP) is 2.32. The summed E-state index contributed by atoms with van der Waals surface area (Å²) >= 11 is 0. The van der Waals surface area contributed by atoms with Crippen LogP contribution in [-0.2, 0) is 4.79 Å². The predicted molar refractivity (Wildman–Crippen MR) is 95.1 cm³/mol. The van der Waals surface area contributed by atoms with Gasteiger partial charge in [0.25, 0.3) is 0 Å². The van der Waals surface area contributed by atoms with Crippen molar-refractivity contribution in [1.29, 1.82) is 0 Å². The first-order valence-electron chi connectivity index (χ1n) is 7.66. The number of benzene rings is 3. The molecule has 126 valence electrons. The van der Waals surface area contributed by atoms with Crippen molar-refractivity contribution >= 4 is 29.1 Å². The minimum atomic E-state index is -4.06. The van der Waals surface area contributed by atoms with Gasteiger partial charge in [0, 0.05) is 0 Å². The van der Waals surface area contributed by atoms with Gasteiger partial charge in [-0.15, -0.1) is 0 Å². The van der Waals surface area contributed by atoms with Gasteiger partial charge < -0.3 is 9.90 Å². The zero-order valence-electron chi connectivity index (χ0n) is 13.2. The monoisotopic (exact) mass is 356 g/mol. The molecule has 0 amide bonds. The molecule has 0 saturated carbocycles. The van der Waals surface area contributed by atoms with Crippen LogP contribution in [0.25, 0.3) is 0 Å². The summed E-state index contributed by atoms with van der Waals surface area (Å²) in [4.78, 5) is 11.6. The lowest BCUT2D eigenvalue weighted by Crippen LogP contribution is -2.52. The normalized spacial score (nSPS) is 11.9. The highest BCUT2D eigenvalue weighted by Gasteiger charge is 2.67. The minimum Gasteiger partial charge on any atom is -0.541 e. The van der Waals surface area contributed by atoms with Crippen LogP contribution < -0.4 is 21.0 Å². The van der Waals surface area contributed by atoms with E-state index in [-0.39, 0.29) is 0 Å². The van der Waals surface area contributed by atoms with Gasteiger partial charge in [-0.2, -0.15) is 8.78 Å². The highest BCUT2D eigenvalue weighted by atomic mass is 31.2. The maximum Gasteiger partial charge on any atom is 0.407 e. The molecule has 25 heavy (non-hydrogen) atoms. The average Bonchev–Trinajstić information content (AvgIpc) is 2.65. The number of carboxylic acid groups (broad SMARTS) is 1. The molecular formula is C20H15F2O2P. The topological polar surface area (TPSA) is 40.1 Å². The van der Waals surface area contributed by atoms with E-state index in [9.17, 15) is 9.90 Å². The molecule has 0 aliphatic rings. The van der Waals surface area contributed by atoms with Gasteiger partial charge in [-0.25, -0.2) is 0 Å². The van der Waals surface area contributed by atoms with E-state index in [1.165, 1.54) is 0 Å². The Morgan fingerprint density at radius 3 is 1.20 bits per heavy atom. The molecule has 0 aliphatic heterocycles. The van der Waals surface area contributed by atoms with Crippen molar-refractivity contribution in [3.63, 3.8) is 0 Å². The smallest absolute Gasteiger partial charge is 0.407 e. The standard InChI is InChI=1S/C20H15F2O2P/c21-20(22,19(23)24)25(16-10-4-1-5-11-16,17-12-6-2-7-13-17)18-14-8-3-9-15-18/h1-15H. The maximum atomic E-state index is 15.3. The second-order valence-electron chi connectivity index (χ2n) is 5.51. The van der Waals surface area contributed by atoms with E-state index in [0.717, 1.165) is 0 Å². The van der Waals surface area contributed by atoms with Gasteiger partial charge in [0.15, 0.2) is 13.2 Å². The molecule has 2 nitrogen and oxygen atoms in total. The lowest BCUT2D eigenvalue weighted by atomic mass is 10.4. The fourth-order valence-electron chi connectivity index (χ4n) is 3.03. The van der Waals surface area contributed by atoms with Crippen molar-refractivity contribution in [2.75, 3.05) is 0 Å². The summed E-state index contributed by atoms with van der Waals surface area (Å²) in [7, 11) is -3.81. The molecule has 0 N–H and O–H groups in total. The highest BCUT2D eigenvalue weighted by molar-refractivity contribution is 7.97. The zero-order valence-corrected chi connectivity index (χ0v) is 14.1. The molecule has 3 aromatic carbocycles. The maximum absolute atomic E-state index is 15.3. The van der Waals surface area contributed by atoms with Crippen molar-refractivity contribution in [3.05, 3.63) is 91.0 Å². The van der Waals surface area contributed by atoms with Gasteiger partial charge in [0.2, 0.25) is 0 Å². The number of halogens is 2. The lowest BCUT2D eigenvalue weighted by Gasteiger charge is -2.34. The summed E-state index contributed by atoms with van der Waals surface area (Å²) in [6.45, 7) is 0. The van der Waals surface area contributed by atoms with E-state index in [2.05, 4.69) is 0 Å². The number of rotatable bonds is 5. The molecule has 3 rings (SSSR count). The van der Waals surface area contributed by atoms with Crippen molar-refractivity contribution < 1.29 is 18.7 Å². The Labute approximate surface area is 145 Å². The molecule has 0 saturated heterocycles. The fourth-order valence-corrected chi connectivity index (χ4v) is 7.02. The van der Waals surface area contributed by atoms with E-state index in [1.807, 2.05) is 0 Å². The number of hydrogen-bond donors (Lipinski definition) is 0. The van der Waals surface area contributed by atoms with Gasteiger partial charge in [-0.1, -0.05) is 54.6 Å². The lowest BCUT2D eigenvalue weighted by molar-refractivity contribution is -0.321. The van der Waals surface area contributed by atoms with Gasteiger partial charge >= 0.3 is 5.66 Å². The molecular weight excluding hydrogens is 341 g/mol. The molecule has 0 unspecified atom stereocenters. The van der Waals surface area contributed by atoms with Gasteiger partial charge in [0.05, 0.1) is 0 Å². The summed E-state index contributed by atoms with van der Waals surface area (Å²) in [5.41, 5.74) is -4.06. The summed E-state index contributed by atoms with van der Waals surface area (Å²) < 4.78 is 30.6. The molecule has 0 aromatic heterocycles. The van der Waals surface area contributed by atoms with Gasteiger partial charge in [-0.3, -0.25) is 0 Å². The number of carboxylic acids is 1. The Morgan fingerprint density at radius 2 is 0.960 bits per heavy atom. The summed E-state index contributed by atoms with van der Waals surface area (Å²) in [6.07, 6.45) is 0. The Hall–Kier alpha value is -2.58. The van der Waals surface area contributed by atoms with Crippen LogP contribution in [0.3, 0.4) is 0 Å². The third-order valence-electron chi connectivity index (χ3n) is 4.10. The molecule has 0 heterocycles. The van der Waals surface area contributed by atoms with E-state index >= 15 is 8.78 Å². The minimum absolute atomic E-state index is 0.293. The van der Waals surface area contributed by atoms with Crippen LogP contribution in [0.4, 0.5) is 8.78 Å². The quantitative estimate of drug-likeness (QED) is 0.659. The van der Waals surface area contributed by atoms with Crippen molar-refractivity contribution in [3.8, 4) is 0 Å².